The van der Waals surface area contributed by atoms with E-state index in [2.05, 4.69) is 62.3 Å². The van der Waals surface area contributed by atoms with E-state index in [-0.39, 0.29) is 168 Å². The molecule has 0 saturated heterocycles. The predicted octanol–water partition coefficient (Wildman–Crippen LogP) is 24.2. The van der Waals surface area contributed by atoms with Gasteiger partial charge in [0.25, 0.3) is 0 Å². The van der Waals surface area contributed by atoms with Crippen molar-refractivity contribution in [2.24, 2.45) is 65.1 Å². The second kappa shape index (κ2) is 69.6. The first-order valence-electron chi connectivity index (χ1n) is 25.7. The van der Waals surface area contributed by atoms with Gasteiger partial charge in [-0.2, -0.15) is 0 Å². The summed E-state index contributed by atoms with van der Waals surface area (Å²) in [5.74, 6) is 11.6. The van der Waals surface area contributed by atoms with Crippen LogP contribution in [0.25, 0.3) is 0 Å². The smallest absolute Gasteiger partial charge is 0.358 e. The molecule has 0 amide bonds. The Labute approximate surface area is 502 Å². The minimum absolute atomic E-state index is 0. The van der Waals surface area contributed by atoms with Gasteiger partial charge in [-0.3, -0.25) is 0 Å². The van der Waals surface area contributed by atoms with Crippen molar-refractivity contribution in [3.05, 3.63) is 89.1 Å². The van der Waals surface area contributed by atoms with Crippen LogP contribution < -0.4 is 0 Å². The molecule has 0 spiro atoms. The van der Waals surface area contributed by atoms with Gasteiger partial charge in [-0.15, -0.1) is 0 Å². The minimum Gasteiger partial charge on any atom is -0.358 e. The zero-order chi connectivity index (χ0) is 38.7. The Morgan fingerprint density at radius 3 is 0.779 bits per heavy atom. The van der Waals surface area contributed by atoms with Crippen molar-refractivity contribution in [1.29, 1.82) is 0 Å². The van der Waals surface area contributed by atoms with Crippen molar-refractivity contribution in [3.63, 3.8) is 0 Å². The summed E-state index contributed by atoms with van der Waals surface area (Å²) in [6, 6.07) is 0. The first-order valence-corrected chi connectivity index (χ1v) is 25.7. The molecule has 0 aromatic rings. The zero-order valence-corrected chi connectivity index (χ0v) is 59.6. The molecule has 0 heterocycles. The molecule has 3 heteroatoms. The number of rotatable bonds is 10. The van der Waals surface area contributed by atoms with Gasteiger partial charge in [-0.05, 0) is 84.4 Å². The molecule has 68 heavy (non-hydrogen) atoms. The molecule has 7 fully saturated rings. The van der Waals surface area contributed by atoms with E-state index in [0.717, 1.165) is 65.1 Å². The number of hydrogen-bond donors (Lipinski definition) is 0. The van der Waals surface area contributed by atoms with Crippen molar-refractivity contribution in [1.82, 2.24) is 0 Å². The third kappa shape index (κ3) is 48.3. The molecule has 7 saturated carbocycles. The monoisotopic (exact) mass is 1190 g/mol. The van der Waals surface area contributed by atoms with E-state index >= 15 is 0 Å². The molecular formula is C65H140Zr3. The average molecular weight is 1200 g/mol. The molecule has 0 radical (unpaired) electrons. The van der Waals surface area contributed by atoms with Crippen molar-refractivity contribution >= 4 is 0 Å². The summed E-state index contributed by atoms with van der Waals surface area (Å²) in [5, 5.41) is 0. The third-order valence-electron chi connectivity index (χ3n) is 16.3. The molecule has 7 rings (SSSR count). The van der Waals surface area contributed by atoms with E-state index in [1.807, 2.05) is 0 Å². The summed E-state index contributed by atoms with van der Waals surface area (Å²) in [6.45, 7) is 21.1. The van der Waals surface area contributed by atoms with Crippen LogP contribution in [0.4, 0.5) is 0 Å². The summed E-state index contributed by atoms with van der Waals surface area (Å²) in [7, 11) is 0. The van der Waals surface area contributed by atoms with Crippen LogP contribution >= 0.6 is 0 Å². The van der Waals surface area contributed by atoms with E-state index in [1.54, 1.807) is 19.3 Å². The molecule has 0 aromatic carbocycles. The fourth-order valence-corrected chi connectivity index (χ4v) is 12.1. The van der Waals surface area contributed by atoms with Crippen LogP contribution in [0.3, 0.4) is 0 Å². The summed E-state index contributed by atoms with van der Waals surface area (Å²) >= 11 is 0. The Hall–Kier alpha value is 2.65. The standard InChI is InChI=1S/C10H18.3C9H18.2C8H16.12CH3.3Zr/c1-8-6-7-9-4-2-3-5-10(8)9;1-6-5-7(2)9(4)8(6)3;2*1-2-3-6-9-7-4-5-8-9;2*1-2-5-8-6-3-4-7-8;;;;;;;;;;;;;;;/h8-10H,2-7H2,1H3;6-9H,5H2,1-4H3;2*9H,2-8H2,1H3;2*8H,2-7H2,1H3;12*1H3;;;/q;;;;;;12*-1;3*+4. The summed E-state index contributed by atoms with van der Waals surface area (Å²) in [4.78, 5) is 0. The number of hydrogen-bond acceptors (Lipinski definition) is 0. The normalized spacial score (nSPS) is 24.6. The van der Waals surface area contributed by atoms with Crippen LogP contribution in [-0.2, 0) is 78.6 Å². The molecule has 7 aliphatic carbocycles. The largest absolute Gasteiger partial charge is 4.00 e. The van der Waals surface area contributed by atoms with Gasteiger partial charge in [0.2, 0.25) is 0 Å². The van der Waals surface area contributed by atoms with Crippen LogP contribution in [0.15, 0.2) is 0 Å². The molecule has 412 valence electrons. The topological polar surface area (TPSA) is 0 Å². The quantitative estimate of drug-likeness (QED) is 0.191. The maximum Gasteiger partial charge on any atom is 4.00 e. The van der Waals surface area contributed by atoms with Gasteiger partial charge >= 0.3 is 78.6 Å². The Morgan fingerprint density at radius 2 is 0.544 bits per heavy atom. The minimum atomic E-state index is 0. The van der Waals surface area contributed by atoms with Gasteiger partial charge in [0.1, 0.15) is 0 Å². The summed E-state index contributed by atoms with van der Waals surface area (Å²) in [5.41, 5.74) is 0. The molecule has 0 aromatic heterocycles. The number of unbranched alkanes of at least 4 members (excludes halogenated alkanes) is 2. The summed E-state index contributed by atoms with van der Waals surface area (Å²) in [6.07, 6.45) is 49.4. The van der Waals surface area contributed by atoms with E-state index in [1.165, 1.54) is 193 Å². The Bertz CT molecular complexity index is 740. The molecule has 0 bridgehead atoms. The molecule has 7 aliphatic rings. The van der Waals surface area contributed by atoms with Gasteiger partial charge in [0.05, 0.1) is 0 Å². The van der Waals surface area contributed by atoms with Gasteiger partial charge in [-0.1, -0.05) is 255 Å². The van der Waals surface area contributed by atoms with Crippen molar-refractivity contribution in [2.45, 2.75) is 274 Å². The van der Waals surface area contributed by atoms with Crippen molar-refractivity contribution in [3.8, 4) is 0 Å². The Morgan fingerprint density at radius 1 is 0.279 bits per heavy atom. The second-order valence-electron chi connectivity index (χ2n) is 20.6. The van der Waals surface area contributed by atoms with Crippen LogP contribution in [0.2, 0.25) is 0 Å². The fraction of sp³-hybridized carbons (Fsp3) is 0.815. The first-order chi connectivity index (χ1) is 25.7. The van der Waals surface area contributed by atoms with Crippen molar-refractivity contribution < 1.29 is 78.6 Å². The maximum atomic E-state index is 2.45. The first kappa shape index (κ1) is 107. The van der Waals surface area contributed by atoms with Gasteiger partial charge in [0.15, 0.2) is 0 Å². The van der Waals surface area contributed by atoms with Crippen LogP contribution in [-0.4, -0.2) is 0 Å². The van der Waals surface area contributed by atoms with Gasteiger partial charge < -0.3 is 89.1 Å². The second-order valence-corrected chi connectivity index (χ2v) is 20.6. The molecule has 0 aliphatic heterocycles. The predicted molar refractivity (Wildman–Crippen MR) is 319 cm³/mol. The van der Waals surface area contributed by atoms with Crippen LogP contribution in [0.5, 0.6) is 0 Å². The van der Waals surface area contributed by atoms with Gasteiger partial charge in [-0.25, -0.2) is 0 Å². The van der Waals surface area contributed by atoms with Crippen LogP contribution in [0.1, 0.15) is 274 Å². The third-order valence-corrected chi connectivity index (χ3v) is 16.3. The summed E-state index contributed by atoms with van der Waals surface area (Å²) < 4.78 is 0. The Balaban J connectivity index is -0.0000000411. The molecule has 7 atom stereocenters. The molecule has 7 unspecified atom stereocenters. The maximum absolute atomic E-state index is 2.45. The molecule has 0 N–H and O–H groups in total. The van der Waals surface area contributed by atoms with E-state index in [0.29, 0.717) is 0 Å². The van der Waals surface area contributed by atoms with Gasteiger partial charge in [0, 0.05) is 0 Å². The van der Waals surface area contributed by atoms with Crippen LogP contribution in [0, 0.1) is 154 Å². The van der Waals surface area contributed by atoms with E-state index in [9.17, 15) is 0 Å². The SMILES string of the molecule is CC1CC(C)C(C)C1C.CC1CCC2CCCCC12.CCCC1CCCC1.CCCC1CCCC1.CCCCC1CCCC1.CCCCC1CCCC1.[CH3-].[CH3-].[CH3-].[CH3-].[CH3-].[CH3-].[CH3-].[CH3-].[CH3-].[CH3-].[CH3-].[CH3-].[Zr+4].[Zr+4].[Zr+4]. The average Bonchev–Trinajstić information content (AvgIpc) is 4.04. The molecular weight excluding hydrogens is 1050 g/mol. The molecule has 0 nitrogen and oxygen atoms in total. The van der Waals surface area contributed by atoms with Crippen molar-refractivity contribution in [2.75, 3.05) is 0 Å². The Kier molecular flexibility index (Phi) is 109. The number of fused-ring (bicyclic) bond motifs is 1. The van der Waals surface area contributed by atoms with E-state index in [4.69, 9.17) is 0 Å². The zero-order valence-electron chi connectivity index (χ0n) is 52.2. The van der Waals surface area contributed by atoms with E-state index < -0.39 is 0 Å². The fourth-order valence-electron chi connectivity index (χ4n) is 12.1.